The van der Waals surface area contributed by atoms with Crippen LogP contribution in [0.4, 0.5) is 0 Å². The second kappa shape index (κ2) is 6.09. The maximum Gasteiger partial charge on any atom is 0.309 e. The van der Waals surface area contributed by atoms with Gasteiger partial charge in [0, 0.05) is 11.1 Å². The maximum atomic E-state index is 11.8. The Bertz CT molecular complexity index is 420. The number of rotatable bonds is 5. The third kappa shape index (κ3) is 4.96. The molecule has 0 saturated heterocycles. The van der Waals surface area contributed by atoms with E-state index in [9.17, 15) is 9.59 Å². The molecular formula is C13H19NO3S. The molecule has 0 fully saturated rings. The average Bonchev–Trinajstić information content (AvgIpc) is 2.63. The van der Waals surface area contributed by atoms with Crippen LogP contribution in [0.3, 0.4) is 0 Å². The lowest BCUT2D eigenvalue weighted by atomic mass is 10.1. The van der Waals surface area contributed by atoms with E-state index in [1.165, 1.54) is 11.3 Å². The average molecular weight is 269 g/mol. The van der Waals surface area contributed by atoms with Crippen molar-refractivity contribution in [2.24, 2.45) is 5.92 Å². The van der Waals surface area contributed by atoms with E-state index in [4.69, 9.17) is 4.74 Å². The summed E-state index contributed by atoms with van der Waals surface area (Å²) < 4.78 is 5.32. The quantitative estimate of drug-likeness (QED) is 0.608. The molecule has 5 heteroatoms. The van der Waals surface area contributed by atoms with Gasteiger partial charge in [-0.25, -0.2) is 4.98 Å². The Labute approximate surface area is 111 Å². The molecule has 0 radical (unpaired) electrons. The van der Waals surface area contributed by atoms with E-state index in [1.54, 1.807) is 6.20 Å². The Balaban J connectivity index is 2.55. The van der Waals surface area contributed by atoms with E-state index < -0.39 is 5.60 Å². The monoisotopic (exact) mass is 269 g/mol. The van der Waals surface area contributed by atoms with E-state index in [0.29, 0.717) is 12.8 Å². The van der Waals surface area contributed by atoms with Crippen LogP contribution in [0, 0.1) is 5.92 Å². The number of esters is 1. The van der Waals surface area contributed by atoms with E-state index >= 15 is 0 Å². The van der Waals surface area contributed by atoms with Gasteiger partial charge in [0.15, 0.2) is 0 Å². The molecule has 0 bridgehead atoms. The van der Waals surface area contributed by atoms with Crippen molar-refractivity contribution in [3.8, 4) is 0 Å². The molecule has 0 aromatic carbocycles. The smallest absolute Gasteiger partial charge is 0.309 e. The number of thiazole rings is 1. The normalized spacial score (nSPS) is 13.1. The van der Waals surface area contributed by atoms with E-state index in [1.807, 2.05) is 27.7 Å². The molecule has 1 atom stereocenters. The van der Waals surface area contributed by atoms with Crippen LogP contribution in [0.15, 0.2) is 6.20 Å². The van der Waals surface area contributed by atoms with Gasteiger partial charge >= 0.3 is 5.97 Å². The third-order valence-corrected chi connectivity index (χ3v) is 3.22. The van der Waals surface area contributed by atoms with Crippen molar-refractivity contribution in [1.29, 1.82) is 0 Å². The molecule has 1 aromatic heterocycles. The first-order valence-corrected chi connectivity index (χ1v) is 6.73. The number of aldehydes is 1. The van der Waals surface area contributed by atoms with Crippen molar-refractivity contribution >= 4 is 23.6 Å². The standard InChI is InChI=1S/C13H19NO3S/c1-9(12(16)17-13(2,3)4)7-10-8-14-11(18-10)5-6-15/h6,8-9H,5,7H2,1-4H3. The van der Waals surface area contributed by atoms with Crippen molar-refractivity contribution in [3.63, 3.8) is 0 Å². The van der Waals surface area contributed by atoms with Crippen LogP contribution >= 0.6 is 11.3 Å². The zero-order valence-corrected chi connectivity index (χ0v) is 12.0. The molecule has 0 N–H and O–H groups in total. The Morgan fingerprint density at radius 1 is 1.56 bits per heavy atom. The summed E-state index contributed by atoms with van der Waals surface area (Å²) in [5, 5.41) is 0.788. The minimum Gasteiger partial charge on any atom is -0.460 e. The molecule has 1 rings (SSSR count). The highest BCUT2D eigenvalue weighted by Gasteiger charge is 2.22. The Morgan fingerprint density at radius 3 is 2.78 bits per heavy atom. The van der Waals surface area contributed by atoms with Gasteiger partial charge in [0.25, 0.3) is 0 Å². The van der Waals surface area contributed by atoms with Crippen molar-refractivity contribution in [2.45, 2.75) is 46.1 Å². The first-order chi connectivity index (χ1) is 8.31. The van der Waals surface area contributed by atoms with Crippen LogP contribution in [0.1, 0.15) is 37.6 Å². The highest BCUT2D eigenvalue weighted by Crippen LogP contribution is 2.19. The molecule has 4 nitrogen and oxygen atoms in total. The van der Waals surface area contributed by atoms with Crippen molar-refractivity contribution in [2.75, 3.05) is 0 Å². The zero-order valence-electron chi connectivity index (χ0n) is 11.2. The molecule has 0 amide bonds. The SMILES string of the molecule is CC(Cc1cnc(CC=O)s1)C(=O)OC(C)(C)C. The molecule has 1 aromatic rings. The highest BCUT2D eigenvalue weighted by atomic mass is 32.1. The predicted octanol–water partition coefficient (Wildman–Crippen LogP) is 2.40. The molecule has 0 saturated carbocycles. The first kappa shape index (κ1) is 14.8. The minimum absolute atomic E-state index is 0.200. The topological polar surface area (TPSA) is 56.3 Å². The summed E-state index contributed by atoms with van der Waals surface area (Å²) in [5.41, 5.74) is -0.457. The fourth-order valence-corrected chi connectivity index (χ4v) is 2.39. The lowest BCUT2D eigenvalue weighted by Crippen LogP contribution is -2.28. The largest absolute Gasteiger partial charge is 0.460 e. The molecule has 0 spiro atoms. The fourth-order valence-electron chi connectivity index (χ4n) is 1.40. The van der Waals surface area contributed by atoms with Crippen LogP contribution in [-0.4, -0.2) is 22.8 Å². The van der Waals surface area contributed by atoms with Crippen LogP contribution in [0.2, 0.25) is 0 Å². The minimum atomic E-state index is -0.457. The number of carbonyl (C=O) groups is 2. The van der Waals surface area contributed by atoms with Crippen molar-refractivity contribution in [1.82, 2.24) is 4.98 Å². The number of nitrogens with zero attached hydrogens (tertiary/aromatic N) is 1. The highest BCUT2D eigenvalue weighted by molar-refractivity contribution is 7.11. The second-order valence-corrected chi connectivity index (χ2v) is 6.43. The molecule has 0 aliphatic rings. The molecule has 0 aliphatic heterocycles. The zero-order chi connectivity index (χ0) is 13.8. The van der Waals surface area contributed by atoms with Crippen LogP contribution in [-0.2, 0) is 27.2 Å². The molecule has 100 valence electrons. The first-order valence-electron chi connectivity index (χ1n) is 5.92. The number of aromatic nitrogens is 1. The lowest BCUT2D eigenvalue weighted by Gasteiger charge is -2.21. The van der Waals surface area contributed by atoms with Crippen LogP contribution < -0.4 is 0 Å². The van der Waals surface area contributed by atoms with E-state index in [-0.39, 0.29) is 11.9 Å². The molecule has 0 aliphatic carbocycles. The number of hydrogen-bond donors (Lipinski definition) is 0. The Hall–Kier alpha value is -1.23. The fraction of sp³-hybridized carbons (Fsp3) is 0.615. The summed E-state index contributed by atoms with van der Waals surface area (Å²) in [4.78, 5) is 27.3. The van der Waals surface area contributed by atoms with E-state index in [0.717, 1.165) is 16.2 Å². The van der Waals surface area contributed by atoms with Gasteiger partial charge in [-0.05, 0) is 27.2 Å². The number of ether oxygens (including phenoxy) is 1. The summed E-state index contributed by atoms with van der Waals surface area (Å²) in [6.45, 7) is 7.40. The van der Waals surface area contributed by atoms with Gasteiger partial charge in [-0.3, -0.25) is 4.79 Å². The Kier molecular flexibility index (Phi) is 5.02. The lowest BCUT2D eigenvalue weighted by molar-refractivity contribution is -0.159. The van der Waals surface area contributed by atoms with Gasteiger partial charge in [0.1, 0.15) is 11.9 Å². The molecule has 18 heavy (non-hydrogen) atoms. The maximum absolute atomic E-state index is 11.8. The van der Waals surface area contributed by atoms with Gasteiger partial charge in [0.2, 0.25) is 0 Å². The summed E-state index contributed by atoms with van der Waals surface area (Å²) in [6.07, 6.45) is 3.50. The second-order valence-electron chi connectivity index (χ2n) is 5.23. The molecule has 1 heterocycles. The van der Waals surface area contributed by atoms with Crippen LogP contribution in [0.5, 0.6) is 0 Å². The van der Waals surface area contributed by atoms with Crippen molar-refractivity contribution < 1.29 is 14.3 Å². The molecule has 1 unspecified atom stereocenters. The van der Waals surface area contributed by atoms with Gasteiger partial charge < -0.3 is 9.53 Å². The Morgan fingerprint density at radius 2 is 2.22 bits per heavy atom. The summed E-state index contributed by atoms with van der Waals surface area (Å²) in [6, 6.07) is 0. The summed E-state index contributed by atoms with van der Waals surface area (Å²) in [7, 11) is 0. The van der Waals surface area contributed by atoms with Gasteiger partial charge in [-0.1, -0.05) is 6.92 Å². The van der Waals surface area contributed by atoms with E-state index in [2.05, 4.69) is 4.98 Å². The summed E-state index contributed by atoms with van der Waals surface area (Å²) in [5.74, 6) is -0.401. The van der Waals surface area contributed by atoms with Gasteiger partial charge in [-0.2, -0.15) is 0 Å². The predicted molar refractivity (Wildman–Crippen MR) is 70.6 cm³/mol. The van der Waals surface area contributed by atoms with Gasteiger partial charge in [-0.15, -0.1) is 11.3 Å². The number of hydrogen-bond acceptors (Lipinski definition) is 5. The number of carbonyl (C=O) groups excluding carboxylic acids is 2. The molecular weight excluding hydrogens is 250 g/mol. The van der Waals surface area contributed by atoms with Crippen molar-refractivity contribution in [3.05, 3.63) is 16.1 Å². The van der Waals surface area contributed by atoms with Gasteiger partial charge in [0.05, 0.1) is 17.3 Å². The summed E-state index contributed by atoms with van der Waals surface area (Å²) >= 11 is 1.47. The van der Waals surface area contributed by atoms with Crippen LogP contribution in [0.25, 0.3) is 0 Å². The third-order valence-electron chi connectivity index (χ3n) is 2.18.